The van der Waals surface area contributed by atoms with Gasteiger partial charge in [-0.2, -0.15) is 0 Å². The van der Waals surface area contributed by atoms with Gasteiger partial charge in [0.25, 0.3) is 0 Å². The first kappa shape index (κ1) is 27.0. The molecule has 0 amide bonds. The van der Waals surface area contributed by atoms with Gasteiger partial charge in [0.05, 0.1) is 0 Å². The summed E-state index contributed by atoms with van der Waals surface area (Å²) in [7, 11) is 0. The van der Waals surface area contributed by atoms with Crippen molar-refractivity contribution in [3.63, 3.8) is 0 Å². The molecule has 27 heavy (non-hydrogen) atoms. The van der Waals surface area contributed by atoms with E-state index in [4.69, 9.17) is 0 Å². The van der Waals surface area contributed by atoms with Crippen molar-refractivity contribution in [2.45, 2.75) is 155 Å². The lowest BCUT2D eigenvalue weighted by Gasteiger charge is -2.14. The molecule has 0 rings (SSSR count). The van der Waals surface area contributed by atoms with Crippen molar-refractivity contribution in [3.05, 3.63) is 13.8 Å². The summed E-state index contributed by atoms with van der Waals surface area (Å²) in [6.45, 7) is 10.2. The summed E-state index contributed by atoms with van der Waals surface area (Å²) in [5.74, 6) is 1.01. The zero-order valence-corrected chi connectivity index (χ0v) is 19.3. The van der Waals surface area contributed by atoms with Gasteiger partial charge in [0, 0.05) is 0 Å². The third-order valence-electron chi connectivity index (χ3n) is 6.30. The summed E-state index contributed by atoms with van der Waals surface area (Å²) in [5, 5.41) is 0. The second-order valence-corrected chi connectivity index (χ2v) is 8.92. The van der Waals surface area contributed by atoms with Gasteiger partial charge in [-0.1, -0.05) is 168 Å². The quantitative estimate of drug-likeness (QED) is 0.155. The Morgan fingerprint density at radius 1 is 0.407 bits per heavy atom. The molecule has 1 atom stereocenters. The molecule has 0 bridgehead atoms. The summed E-state index contributed by atoms with van der Waals surface area (Å²) < 4.78 is 0. The summed E-state index contributed by atoms with van der Waals surface area (Å²) in [5.41, 5.74) is 0. The first-order valence-corrected chi connectivity index (χ1v) is 12.9. The third kappa shape index (κ3) is 22.2. The Bertz CT molecular complexity index is 244. The molecule has 0 spiro atoms. The van der Waals surface area contributed by atoms with E-state index in [-0.39, 0.29) is 0 Å². The fourth-order valence-corrected chi connectivity index (χ4v) is 4.25. The van der Waals surface area contributed by atoms with Gasteiger partial charge in [-0.15, -0.1) is 0 Å². The number of rotatable bonds is 23. The standard InChI is InChI=1S/C27H54/c1-4-7-9-11-13-14-15-16-17-18-20-22-24-26-27(6-3)25-23-21-19-12-10-8-5-2/h27H,1-2,4-26H2,3H3. The van der Waals surface area contributed by atoms with Gasteiger partial charge in [-0.25, -0.2) is 0 Å². The van der Waals surface area contributed by atoms with Crippen molar-refractivity contribution in [1.29, 1.82) is 0 Å². The molecule has 2 radical (unpaired) electrons. The molecule has 0 aromatic heterocycles. The number of hydrogen-bond donors (Lipinski definition) is 0. The molecule has 0 saturated heterocycles. The third-order valence-corrected chi connectivity index (χ3v) is 6.30. The average Bonchev–Trinajstić information content (AvgIpc) is 2.69. The van der Waals surface area contributed by atoms with Gasteiger partial charge in [-0.05, 0) is 5.92 Å². The van der Waals surface area contributed by atoms with Crippen LogP contribution in [-0.2, 0) is 0 Å². The van der Waals surface area contributed by atoms with E-state index in [1.807, 2.05) is 0 Å². The van der Waals surface area contributed by atoms with Crippen LogP contribution < -0.4 is 0 Å². The van der Waals surface area contributed by atoms with E-state index in [1.165, 1.54) is 135 Å². The Kier molecular flexibility index (Phi) is 24.0. The molecular weight excluding hydrogens is 324 g/mol. The normalized spacial score (nSPS) is 12.6. The second kappa shape index (κ2) is 24.0. The highest BCUT2D eigenvalue weighted by Gasteiger charge is 2.05. The Hall–Kier alpha value is 0. The maximum Gasteiger partial charge on any atom is -0.0417 e. The van der Waals surface area contributed by atoms with Crippen LogP contribution in [0.4, 0.5) is 0 Å². The topological polar surface area (TPSA) is 0 Å². The van der Waals surface area contributed by atoms with Crippen molar-refractivity contribution in [2.24, 2.45) is 5.92 Å². The first-order valence-electron chi connectivity index (χ1n) is 12.9. The largest absolute Gasteiger partial charge is 0.0651 e. The van der Waals surface area contributed by atoms with E-state index >= 15 is 0 Å². The lowest BCUT2D eigenvalue weighted by molar-refractivity contribution is 0.392. The van der Waals surface area contributed by atoms with Gasteiger partial charge in [0.2, 0.25) is 0 Å². The molecule has 0 aliphatic rings. The summed E-state index contributed by atoms with van der Waals surface area (Å²) >= 11 is 0. The van der Waals surface area contributed by atoms with E-state index in [9.17, 15) is 0 Å². The van der Waals surface area contributed by atoms with Crippen molar-refractivity contribution in [3.8, 4) is 0 Å². The van der Waals surface area contributed by atoms with Crippen molar-refractivity contribution in [1.82, 2.24) is 0 Å². The Labute approximate surface area is 174 Å². The zero-order chi connectivity index (χ0) is 19.8. The van der Waals surface area contributed by atoms with Crippen molar-refractivity contribution < 1.29 is 0 Å². The van der Waals surface area contributed by atoms with Gasteiger partial charge in [-0.3, -0.25) is 0 Å². The van der Waals surface area contributed by atoms with Crippen LogP contribution in [0.5, 0.6) is 0 Å². The molecule has 0 heterocycles. The smallest absolute Gasteiger partial charge is 0.0417 e. The lowest BCUT2D eigenvalue weighted by atomic mass is 9.92. The van der Waals surface area contributed by atoms with Crippen LogP contribution in [0, 0.1) is 19.8 Å². The number of unbranched alkanes of at least 4 members (excludes halogenated alkanes) is 18. The first-order chi connectivity index (χ1) is 13.3. The van der Waals surface area contributed by atoms with E-state index < -0.39 is 0 Å². The van der Waals surface area contributed by atoms with Gasteiger partial charge in [0.15, 0.2) is 0 Å². The van der Waals surface area contributed by atoms with E-state index in [1.54, 1.807) is 0 Å². The molecule has 0 saturated carbocycles. The van der Waals surface area contributed by atoms with Crippen LogP contribution in [0.25, 0.3) is 0 Å². The Morgan fingerprint density at radius 3 is 0.926 bits per heavy atom. The number of hydrogen-bond acceptors (Lipinski definition) is 0. The minimum Gasteiger partial charge on any atom is -0.0651 e. The molecule has 1 unspecified atom stereocenters. The molecule has 0 nitrogen and oxygen atoms in total. The van der Waals surface area contributed by atoms with Gasteiger partial charge >= 0.3 is 0 Å². The molecule has 0 fully saturated rings. The molecule has 0 aliphatic heterocycles. The molecule has 162 valence electrons. The Morgan fingerprint density at radius 2 is 0.667 bits per heavy atom. The van der Waals surface area contributed by atoms with Crippen molar-refractivity contribution in [2.75, 3.05) is 0 Å². The van der Waals surface area contributed by atoms with Crippen LogP contribution in [-0.4, -0.2) is 0 Å². The highest BCUT2D eigenvalue weighted by Crippen LogP contribution is 2.22. The van der Waals surface area contributed by atoms with Gasteiger partial charge in [0.1, 0.15) is 0 Å². The fraction of sp³-hybridized carbons (Fsp3) is 0.926. The zero-order valence-electron chi connectivity index (χ0n) is 19.3. The summed E-state index contributed by atoms with van der Waals surface area (Å²) in [4.78, 5) is 0. The van der Waals surface area contributed by atoms with Crippen LogP contribution in [0.15, 0.2) is 0 Å². The molecule has 0 aromatic rings. The van der Waals surface area contributed by atoms with Gasteiger partial charge < -0.3 is 0 Å². The second-order valence-electron chi connectivity index (χ2n) is 8.92. The van der Waals surface area contributed by atoms with Crippen LogP contribution in [0.2, 0.25) is 0 Å². The molecular formula is C27H54. The monoisotopic (exact) mass is 378 g/mol. The van der Waals surface area contributed by atoms with Crippen LogP contribution in [0.3, 0.4) is 0 Å². The van der Waals surface area contributed by atoms with E-state index in [2.05, 4.69) is 20.8 Å². The minimum atomic E-state index is 1.01. The maximum absolute atomic E-state index is 3.93. The summed E-state index contributed by atoms with van der Waals surface area (Å²) in [6, 6.07) is 0. The predicted octanol–water partition coefficient (Wildman–Crippen LogP) is 10.3. The van der Waals surface area contributed by atoms with Crippen LogP contribution >= 0.6 is 0 Å². The molecule has 0 N–H and O–H groups in total. The fourth-order valence-electron chi connectivity index (χ4n) is 4.25. The lowest BCUT2D eigenvalue weighted by Crippen LogP contribution is -1.99. The molecule has 0 heteroatoms. The predicted molar refractivity (Wildman–Crippen MR) is 126 cm³/mol. The molecule has 0 aliphatic carbocycles. The highest BCUT2D eigenvalue weighted by molar-refractivity contribution is 4.59. The minimum absolute atomic E-state index is 1.01. The SMILES string of the molecule is [CH2]CCCCCCCCCCCCCCC(CC)CCCCCCCC[CH2]. The average molecular weight is 379 g/mol. The van der Waals surface area contributed by atoms with Crippen LogP contribution in [0.1, 0.15) is 155 Å². The highest BCUT2D eigenvalue weighted by atomic mass is 14.1. The van der Waals surface area contributed by atoms with E-state index in [0.29, 0.717) is 0 Å². The van der Waals surface area contributed by atoms with Crippen molar-refractivity contribution >= 4 is 0 Å². The van der Waals surface area contributed by atoms with E-state index in [0.717, 1.165) is 18.8 Å². The molecule has 0 aromatic carbocycles. The Balaban J connectivity index is 3.25. The maximum atomic E-state index is 3.93. The summed E-state index contributed by atoms with van der Waals surface area (Å²) in [6.07, 6.45) is 32.6.